The fraction of sp³-hybridized carbons (Fsp3) is 0.889. The zero-order chi connectivity index (χ0) is 15.4. The van der Waals surface area contributed by atoms with E-state index in [1.807, 2.05) is 20.8 Å². The van der Waals surface area contributed by atoms with Gasteiger partial charge in [0.15, 0.2) is 0 Å². The first-order valence-corrected chi connectivity index (χ1v) is 7.78. The van der Waals surface area contributed by atoms with Crippen molar-refractivity contribution in [2.45, 2.75) is 101 Å². The fourth-order valence-corrected chi connectivity index (χ4v) is 0. The maximum atomic E-state index is 5.06. The van der Waals surface area contributed by atoms with Crippen LogP contribution in [0.2, 0.25) is 0 Å². The second kappa shape index (κ2) is 31.0. The predicted octanol–water partition coefficient (Wildman–Crippen LogP) is 6.70. The average molecular weight is 375 g/mol. The van der Waals surface area contributed by atoms with Crippen LogP contribution in [0.1, 0.15) is 101 Å². The molecule has 0 bridgehead atoms. The Balaban J connectivity index is -0.0000000459. The molecule has 0 aromatic heterocycles. The summed E-state index contributed by atoms with van der Waals surface area (Å²) in [6, 6.07) is 0. The second-order valence-electron chi connectivity index (χ2n) is 5.39. The van der Waals surface area contributed by atoms with Crippen LogP contribution >= 0.6 is 0 Å². The van der Waals surface area contributed by atoms with E-state index in [0.717, 1.165) is 0 Å². The molecule has 0 aromatic carbocycles. The van der Waals surface area contributed by atoms with Crippen LogP contribution in [0.3, 0.4) is 0 Å². The molecule has 0 amide bonds. The molecule has 0 heterocycles. The molecular weight excluding hydrogens is 335 g/mol. The van der Waals surface area contributed by atoms with Crippen LogP contribution in [0.4, 0.5) is 0 Å². The largest absolute Gasteiger partial charge is 0.120 e. The van der Waals surface area contributed by atoms with Crippen molar-refractivity contribution >= 4 is 23.9 Å². The molecule has 0 atom stereocenters. The van der Waals surface area contributed by atoms with Gasteiger partial charge in [-0.15, -0.1) is 12.3 Å². The standard InChI is InChI=1S/C6H10.3C4H10.Sn/c1-5-6(2,3)4;3*1-3-4-2;/h1H,2-4H3;3*3-4H2,1-2H3;. The van der Waals surface area contributed by atoms with Crippen molar-refractivity contribution in [3.05, 3.63) is 0 Å². The van der Waals surface area contributed by atoms with E-state index >= 15 is 0 Å². The first kappa shape index (κ1) is 31.6. The summed E-state index contributed by atoms with van der Waals surface area (Å²) >= 11 is 0. The molecule has 4 radical (unpaired) electrons. The Labute approximate surface area is 142 Å². The van der Waals surface area contributed by atoms with Crippen molar-refractivity contribution in [1.82, 2.24) is 0 Å². The smallest absolute Gasteiger partial charge is 0.0227 e. The SMILES string of the molecule is C#CC(C)(C)C.CCCC.CCCC.CCCC.[Sn]. The minimum absolute atomic E-state index is 0. The normalized spacial score (nSPS) is 8.00. The van der Waals surface area contributed by atoms with Gasteiger partial charge < -0.3 is 0 Å². The third-order valence-electron chi connectivity index (χ3n) is 1.93. The van der Waals surface area contributed by atoms with Crippen LogP contribution in [0.25, 0.3) is 0 Å². The summed E-state index contributed by atoms with van der Waals surface area (Å²) in [7, 11) is 0. The van der Waals surface area contributed by atoms with Gasteiger partial charge >= 0.3 is 0 Å². The van der Waals surface area contributed by atoms with E-state index in [1.54, 1.807) is 0 Å². The van der Waals surface area contributed by atoms with E-state index in [1.165, 1.54) is 38.5 Å². The van der Waals surface area contributed by atoms with E-state index in [2.05, 4.69) is 47.5 Å². The van der Waals surface area contributed by atoms with E-state index in [0.29, 0.717) is 0 Å². The summed E-state index contributed by atoms with van der Waals surface area (Å²) in [6.07, 6.45) is 13.0. The zero-order valence-corrected chi connectivity index (χ0v) is 18.2. The van der Waals surface area contributed by atoms with Gasteiger partial charge in [0.1, 0.15) is 0 Å². The Hall–Kier alpha value is 0.359. The summed E-state index contributed by atoms with van der Waals surface area (Å²) in [4.78, 5) is 0. The van der Waals surface area contributed by atoms with Crippen molar-refractivity contribution in [3.8, 4) is 12.3 Å². The van der Waals surface area contributed by atoms with Gasteiger partial charge in [-0.3, -0.25) is 0 Å². The molecule has 0 aromatic rings. The van der Waals surface area contributed by atoms with Crippen LogP contribution in [-0.2, 0) is 0 Å². The first-order valence-electron chi connectivity index (χ1n) is 7.78. The van der Waals surface area contributed by atoms with Gasteiger partial charge in [0.05, 0.1) is 0 Å². The first-order chi connectivity index (χ1) is 8.30. The number of rotatable bonds is 3. The summed E-state index contributed by atoms with van der Waals surface area (Å²) in [5.74, 6) is 2.60. The van der Waals surface area contributed by atoms with Crippen LogP contribution < -0.4 is 0 Å². The number of unbranched alkanes of at least 4 members (excludes halogenated alkanes) is 3. The van der Waals surface area contributed by atoms with Crippen LogP contribution in [-0.4, -0.2) is 23.9 Å². The maximum absolute atomic E-state index is 5.06. The predicted molar refractivity (Wildman–Crippen MR) is 95.8 cm³/mol. The maximum Gasteiger partial charge on any atom is 0.0227 e. The molecular formula is C18H40Sn. The Morgan fingerprint density at radius 2 is 0.737 bits per heavy atom. The molecule has 116 valence electrons. The Bertz CT molecular complexity index is 121. The molecule has 1 heteroatoms. The molecule has 0 aliphatic carbocycles. The van der Waals surface area contributed by atoms with Gasteiger partial charge in [-0.05, 0) is 20.8 Å². The molecule has 0 saturated carbocycles. The summed E-state index contributed by atoms with van der Waals surface area (Å²) in [6.45, 7) is 19.1. The number of hydrogen-bond acceptors (Lipinski definition) is 0. The van der Waals surface area contributed by atoms with Gasteiger partial charge in [-0.2, -0.15) is 0 Å². The fourth-order valence-electron chi connectivity index (χ4n) is 0. The van der Waals surface area contributed by atoms with Crippen molar-refractivity contribution in [2.24, 2.45) is 5.41 Å². The minimum atomic E-state index is 0. The van der Waals surface area contributed by atoms with Gasteiger partial charge in [-0.25, -0.2) is 0 Å². The molecule has 0 aliphatic rings. The van der Waals surface area contributed by atoms with E-state index in [4.69, 9.17) is 6.42 Å². The minimum Gasteiger partial charge on any atom is -0.120 e. The molecule has 0 spiro atoms. The molecule has 19 heavy (non-hydrogen) atoms. The van der Waals surface area contributed by atoms with Gasteiger partial charge in [0.25, 0.3) is 0 Å². The molecule has 0 rings (SSSR count). The number of terminal acetylenes is 1. The summed E-state index contributed by atoms with van der Waals surface area (Å²) in [5, 5.41) is 0. The third kappa shape index (κ3) is 122. The van der Waals surface area contributed by atoms with Gasteiger partial charge in [0.2, 0.25) is 0 Å². The van der Waals surface area contributed by atoms with E-state index in [9.17, 15) is 0 Å². The second-order valence-corrected chi connectivity index (χ2v) is 5.39. The van der Waals surface area contributed by atoms with Crippen LogP contribution in [0.5, 0.6) is 0 Å². The van der Waals surface area contributed by atoms with Gasteiger partial charge in [-0.1, -0.05) is 80.1 Å². The molecule has 0 saturated heterocycles. The molecule has 0 aliphatic heterocycles. The van der Waals surface area contributed by atoms with Crippen LogP contribution in [0.15, 0.2) is 0 Å². The Kier molecular flexibility index (Phi) is 51.6. The van der Waals surface area contributed by atoms with Gasteiger partial charge in [0, 0.05) is 29.3 Å². The van der Waals surface area contributed by atoms with Crippen LogP contribution in [0, 0.1) is 17.8 Å². The quantitative estimate of drug-likeness (QED) is 0.380. The Morgan fingerprint density at radius 3 is 0.737 bits per heavy atom. The molecule has 0 nitrogen and oxygen atoms in total. The third-order valence-corrected chi connectivity index (χ3v) is 1.93. The zero-order valence-electron chi connectivity index (χ0n) is 15.3. The van der Waals surface area contributed by atoms with E-state index < -0.39 is 0 Å². The van der Waals surface area contributed by atoms with Crippen molar-refractivity contribution in [3.63, 3.8) is 0 Å². The molecule has 0 N–H and O–H groups in total. The molecule has 0 unspecified atom stereocenters. The Morgan fingerprint density at radius 1 is 0.632 bits per heavy atom. The summed E-state index contributed by atoms with van der Waals surface area (Å²) < 4.78 is 0. The van der Waals surface area contributed by atoms with Crippen molar-refractivity contribution in [2.75, 3.05) is 0 Å². The average Bonchev–Trinajstić information content (AvgIpc) is 2.38. The topological polar surface area (TPSA) is 0 Å². The molecule has 0 fully saturated rings. The van der Waals surface area contributed by atoms with Crippen molar-refractivity contribution in [1.29, 1.82) is 0 Å². The monoisotopic (exact) mass is 376 g/mol. The van der Waals surface area contributed by atoms with Crippen molar-refractivity contribution < 1.29 is 0 Å². The number of hydrogen-bond donors (Lipinski definition) is 0. The summed E-state index contributed by atoms with van der Waals surface area (Å²) in [5.41, 5.74) is 0.0694. The van der Waals surface area contributed by atoms with E-state index in [-0.39, 0.29) is 29.3 Å².